The lowest BCUT2D eigenvalue weighted by atomic mass is 10.3. The lowest BCUT2D eigenvalue weighted by Crippen LogP contribution is -2.31. The number of rotatable bonds is 3. The lowest BCUT2D eigenvalue weighted by molar-refractivity contribution is -0.116. The second kappa shape index (κ2) is 5.00. The molecule has 0 heterocycles. The predicted octanol–water partition coefficient (Wildman–Crippen LogP) is 2.11. The fraction of sp³-hybridized carbons (Fsp3) is 0.300. The number of benzene rings is 1. The van der Waals surface area contributed by atoms with E-state index in [9.17, 15) is 9.18 Å². The van der Waals surface area contributed by atoms with Gasteiger partial charge in [-0.15, -0.1) is 0 Å². The van der Waals surface area contributed by atoms with Crippen molar-refractivity contribution in [1.29, 1.82) is 0 Å². The van der Waals surface area contributed by atoms with Crippen molar-refractivity contribution in [2.24, 2.45) is 0 Å². The van der Waals surface area contributed by atoms with Gasteiger partial charge in [0.1, 0.15) is 5.82 Å². The quantitative estimate of drug-likeness (QED) is 0.762. The second-order valence-corrected chi connectivity index (χ2v) is 3.09. The van der Waals surface area contributed by atoms with Crippen molar-refractivity contribution in [3.8, 4) is 0 Å². The summed E-state index contributed by atoms with van der Waals surface area (Å²) in [5.74, 6) is -0.334. The summed E-state index contributed by atoms with van der Waals surface area (Å²) in [7, 11) is 0. The van der Waals surface area contributed by atoms with Crippen molar-refractivity contribution in [3.05, 3.63) is 30.1 Å². The first-order chi connectivity index (χ1) is 6.69. The van der Waals surface area contributed by atoms with Crippen LogP contribution < -0.4 is 4.90 Å². The van der Waals surface area contributed by atoms with Crippen molar-refractivity contribution < 1.29 is 9.18 Å². The average molecular weight is 213 g/mol. The fourth-order valence-corrected chi connectivity index (χ4v) is 1.40. The Morgan fingerprint density at radius 1 is 1.57 bits per heavy atom. The Hall–Kier alpha value is -1.03. The summed E-state index contributed by atoms with van der Waals surface area (Å²) < 4.78 is 12.9. The number of halogens is 1. The molecule has 1 aromatic carbocycles. The van der Waals surface area contributed by atoms with Crippen molar-refractivity contribution in [2.45, 2.75) is 6.92 Å². The summed E-state index contributed by atoms with van der Waals surface area (Å²) in [6.45, 7) is 2.36. The van der Waals surface area contributed by atoms with Gasteiger partial charge < -0.3 is 4.90 Å². The first kappa shape index (κ1) is 11.0. The molecular formula is C10H12FNOS. The zero-order valence-electron chi connectivity index (χ0n) is 7.90. The van der Waals surface area contributed by atoms with Gasteiger partial charge in [-0.2, -0.15) is 12.6 Å². The fourth-order valence-electron chi connectivity index (χ4n) is 1.23. The van der Waals surface area contributed by atoms with E-state index in [2.05, 4.69) is 12.6 Å². The zero-order chi connectivity index (χ0) is 10.6. The van der Waals surface area contributed by atoms with E-state index >= 15 is 0 Å². The average Bonchev–Trinajstić information content (AvgIpc) is 2.19. The number of hydrogen-bond donors (Lipinski definition) is 1. The van der Waals surface area contributed by atoms with E-state index in [4.69, 9.17) is 0 Å². The number of thiol groups is 1. The molecule has 0 unspecified atom stereocenters. The topological polar surface area (TPSA) is 20.3 Å². The molecule has 1 rings (SSSR count). The van der Waals surface area contributed by atoms with Crippen LogP contribution >= 0.6 is 12.6 Å². The van der Waals surface area contributed by atoms with Crippen LogP contribution in [0.1, 0.15) is 6.92 Å². The van der Waals surface area contributed by atoms with E-state index in [1.54, 1.807) is 12.1 Å². The monoisotopic (exact) mass is 213 g/mol. The number of carbonyl (C=O) groups excluding carboxylic acids is 1. The van der Waals surface area contributed by atoms with Crippen LogP contribution in [0.3, 0.4) is 0 Å². The smallest absolute Gasteiger partial charge is 0.236 e. The molecule has 4 heteroatoms. The Labute approximate surface area is 88.1 Å². The van der Waals surface area contributed by atoms with E-state index in [1.807, 2.05) is 6.92 Å². The molecule has 0 spiro atoms. The van der Waals surface area contributed by atoms with Gasteiger partial charge in [0.05, 0.1) is 5.75 Å². The van der Waals surface area contributed by atoms with Crippen molar-refractivity contribution >= 4 is 24.2 Å². The minimum atomic E-state index is -0.340. The second-order valence-electron chi connectivity index (χ2n) is 2.78. The van der Waals surface area contributed by atoms with Crippen LogP contribution in [0.4, 0.5) is 10.1 Å². The molecule has 0 atom stereocenters. The van der Waals surface area contributed by atoms with Crippen LogP contribution in [-0.2, 0) is 4.79 Å². The van der Waals surface area contributed by atoms with Crippen LogP contribution in [0.5, 0.6) is 0 Å². The number of nitrogens with zero attached hydrogens (tertiary/aromatic N) is 1. The highest BCUT2D eigenvalue weighted by Crippen LogP contribution is 2.15. The highest BCUT2D eigenvalue weighted by atomic mass is 32.1. The first-order valence-corrected chi connectivity index (χ1v) is 4.99. The molecule has 0 N–H and O–H groups in total. The highest BCUT2D eigenvalue weighted by Gasteiger charge is 2.11. The summed E-state index contributed by atoms with van der Waals surface area (Å²) in [6, 6.07) is 5.97. The maximum atomic E-state index is 12.9. The zero-order valence-corrected chi connectivity index (χ0v) is 8.80. The molecule has 14 heavy (non-hydrogen) atoms. The van der Waals surface area contributed by atoms with Crippen LogP contribution in [0.2, 0.25) is 0 Å². The van der Waals surface area contributed by atoms with E-state index in [-0.39, 0.29) is 17.5 Å². The van der Waals surface area contributed by atoms with Gasteiger partial charge in [0.2, 0.25) is 5.91 Å². The van der Waals surface area contributed by atoms with Gasteiger partial charge in [0.15, 0.2) is 0 Å². The summed E-state index contributed by atoms with van der Waals surface area (Å²) >= 11 is 3.90. The summed E-state index contributed by atoms with van der Waals surface area (Å²) in [5.41, 5.74) is 0.576. The van der Waals surface area contributed by atoms with Gasteiger partial charge in [-0.25, -0.2) is 4.39 Å². The molecule has 76 valence electrons. The minimum Gasteiger partial charge on any atom is -0.312 e. The van der Waals surface area contributed by atoms with Crippen LogP contribution in [0, 0.1) is 5.82 Å². The normalized spacial score (nSPS) is 9.93. The molecular weight excluding hydrogens is 201 g/mol. The molecule has 0 aliphatic heterocycles. The molecule has 0 aromatic heterocycles. The standard InChI is InChI=1S/C10H12FNOS/c1-2-12(10(13)7-14)9-5-3-4-8(11)6-9/h3-6,14H,2,7H2,1H3. The van der Waals surface area contributed by atoms with E-state index in [0.717, 1.165) is 0 Å². The lowest BCUT2D eigenvalue weighted by Gasteiger charge is -2.19. The van der Waals surface area contributed by atoms with Gasteiger partial charge >= 0.3 is 0 Å². The van der Waals surface area contributed by atoms with E-state index in [1.165, 1.54) is 17.0 Å². The largest absolute Gasteiger partial charge is 0.312 e. The van der Waals surface area contributed by atoms with Crippen molar-refractivity contribution in [1.82, 2.24) is 0 Å². The molecule has 0 aliphatic carbocycles. The molecule has 0 aliphatic rings. The molecule has 0 saturated carbocycles. The number of carbonyl (C=O) groups is 1. The Kier molecular flexibility index (Phi) is 3.95. The maximum absolute atomic E-state index is 12.9. The van der Waals surface area contributed by atoms with E-state index in [0.29, 0.717) is 12.2 Å². The minimum absolute atomic E-state index is 0.124. The Balaban J connectivity index is 2.94. The third-order valence-corrected chi connectivity index (χ3v) is 2.14. The molecule has 1 aromatic rings. The third kappa shape index (κ3) is 2.48. The van der Waals surface area contributed by atoms with Gasteiger partial charge in [0, 0.05) is 12.2 Å². The summed E-state index contributed by atoms with van der Waals surface area (Å²) in [5, 5.41) is 0. The van der Waals surface area contributed by atoms with Crippen molar-refractivity contribution in [3.63, 3.8) is 0 Å². The summed E-state index contributed by atoms with van der Waals surface area (Å²) in [6.07, 6.45) is 0. The Morgan fingerprint density at radius 3 is 2.79 bits per heavy atom. The maximum Gasteiger partial charge on any atom is 0.236 e. The molecule has 2 nitrogen and oxygen atoms in total. The van der Waals surface area contributed by atoms with Crippen molar-refractivity contribution in [2.75, 3.05) is 17.2 Å². The number of hydrogen-bond acceptors (Lipinski definition) is 2. The molecule has 0 radical (unpaired) electrons. The van der Waals surface area contributed by atoms with Crippen LogP contribution in [0.25, 0.3) is 0 Å². The van der Waals surface area contributed by atoms with Gasteiger partial charge in [-0.1, -0.05) is 6.07 Å². The van der Waals surface area contributed by atoms with Crippen LogP contribution in [0.15, 0.2) is 24.3 Å². The van der Waals surface area contributed by atoms with Gasteiger partial charge in [-0.3, -0.25) is 4.79 Å². The predicted molar refractivity (Wildman–Crippen MR) is 58.3 cm³/mol. The molecule has 0 saturated heterocycles. The molecule has 0 bridgehead atoms. The first-order valence-electron chi connectivity index (χ1n) is 4.35. The summed E-state index contributed by atoms with van der Waals surface area (Å²) in [4.78, 5) is 12.9. The van der Waals surface area contributed by atoms with Gasteiger partial charge in [-0.05, 0) is 25.1 Å². The number of amides is 1. The number of anilines is 1. The van der Waals surface area contributed by atoms with Crippen LogP contribution in [-0.4, -0.2) is 18.2 Å². The molecule has 1 amide bonds. The SMILES string of the molecule is CCN(C(=O)CS)c1cccc(F)c1. The molecule has 0 fully saturated rings. The van der Waals surface area contributed by atoms with Gasteiger partial charge in [0.25, 0.3) is 0 Å². The van der Waals surface area contributed by atoms with E-state index < -0.39 is 0 Å². The Morgan fingerprint density at radius 2 is 2.29 bits per heavy atom. The third-order valence-electron chi connectivity index (χ3n) is 1.87. The highest BCUT2D eigenvalue weighted by molar-refractivity contribution is 7.81. The Bertz CT molecular complexity index is 330.